The number of aromatic amines is 1. The monoisotopic (exact) mass is 687 g/mol. The molecule has 16 heteroatoms. The van der Waals surface area contributed by atoms with Crippen LogP contribution in [0.5, 0.6) is 6.01 Å². The van der Waals surface area contributed by atoms with Crippen LogP contribution in [0.25, 0.3) is 33.5 Å². The van der Waals surface area contributed by atoms with E-state index in [0.717, 1.165) is 22.3 Å². The Morgan fingerprint density at radius 2 is 1.82 bits per heavy atom. The lowest BCUT2D eigenvalue weighted by Crippen LogP contribution is -2.34. The number of rotatable bonds is 16. The van der Waals surface area contributed by atoms with Gasteiger partial charge in [-0.1, -0.05) is 48.5 Å². The number of nitrogens with one attached hydrogen (secondary N) is 1. The van der Waals surface area contributed by atoms with Crippen LogP contribution in [0.1, 0.15) is 62.9 Å². The van der Waals surface area contributed by atoms with Crippen LogP contribution in [-0.4, -0.2) is 72.5 Å². The standard InChI is InChI=1S/C34H37N7O9/c1-5-46-32-35-28-16-11-15-26(31(42)48-34(3,4)49-33(43)47-19-10-9-12-22(2)50-41(44)45)29(28)40(32)21-23-17-18-25(24-13-7-6-8-14-24)27(20-23)30-36-38-39-37-30/h6-8,11,13-18,20,22H,5,9-10,12,19,21H2,1-4H3,(H,36,37,38,39). The van der Waals surface area contributed by atoms with Gasteiger partial charge in [-0.3, -0.25) is 4.57 Å². The molecule has 16 nitrogen and oxygen atoms in total. The number of hydrogen-bond acceptors (Lipinski definition) is 13. The van der Waals surface area contributed by atoms with Gasteiger partial charge in [-0.05, 0) is 73.2 Å². The number of unbranched alkanes of at least 4 members (excludes halogenated alkanes) is 1. The average Bonchev–Trinajstić information content (AvgIpc) is 3.73. The summed E-state index contributed by atoms with van der Waals surface area (Å²) in [4.78, 5) is 45.6. The van der Waals surface area contributed by atoms with Gasteiger partial charge in [-0.2, -0.15) is 10.2 Å². The Morgan fingerprint density at radius 1 is 1.02 bits per heavy atom. The van der Waals surface area contributed by atoms with Crippen molar-refractivity contribution in [2.45, 2.75) is 65.4 Å². The normalized spacial score (nSPS) is 11.9. The molecule has 5 aromatic rings. The summed E-state index contributed by atoms with van der Waals surface area (Å²) >= 11 is 0. The van der Waals surface area contributed by atoms with Crippen LogP contribution >= 0.6 is 0 Å². The minimum atomic E-state index is -1.69. The zero-order valence-electron chi connectivity index (χ0n) is 28.0. The molecule has 0 spiro atoms. The number of imidazole rings is 1. The maximum absolute atomic E-state index is 13.7. The second-order valence-electron chi connectivity index (χ2n) is 11.7. The molecule has 0 saturated carbocycles. The number of fused-ring (bicyclic) bond motifs is 1. The summed E-state index contributed by atoms with van der Waals surface area (Å²) in [6, 6.07) is 21.1. The van der Waals surface area contributed by atoms with Gasteiger partial charge in [-0.15, -0.1) is 20.3 Å². The highest BCUT2D eigenvalue weighted by molar-refractivity contribution is 6.02. The van der Waals surface area contributed by atoms with Gasteiger partial charge >= 0.3 is 12.1 Å². The van der Waals surface area contributed by atoms with Crippen molar-refractivity contribution in [1.82, 2.24) is 30.2 Å². The number of H-pyrrole nitrogens is 1. The van der Waals surface area contributed by atoms with E-state index in [0.29, 0.717) is 48.7 Å². The topological polar surface area (TPSA) is 196 Å². The molecule has 0 aliphatic carbocycles. The Morgan fingerprint density at radius 3 is 2.54 bits per heavy atom. The highest BCUT2D eigenvalue weighted by atomic mass is 17.0. The van der Waals surface area contributed by atoms with Crippen molar-refractivity contribution in [3.05, 3.63) is 88.0 Å². The first-order chi connectivity index (χ1) is 24.0. The summed E-state index contributed by atoms with van der Waals surface area (Å²) in [5.41, 5.74) is 4.64. The fourth-order valence-corrected chi connectivity index (χ4v) is 5.34. The molecule has 1 N–H and O–H groups in total. The van der Waals surface area contributed by atoms with Gasteiger partial charge in [0, 0.05) is 19.4 Å². The van der Waals surface area contributed by atoms with E-state index in [9.17, 15) is 19.7 Å². The van der Waals surface area contributed by atoms with E-state index in [-0.39, 0.29) is 18.7 Å². The third-order valence-electron chi connectivity index (χ3n) is 7.48. The molecule has 0 aliphatic rings. The molecule has 5 rings (SSSR count). The molecule has 50 heavy (non-hydrogen) atoms. The van der Waals surface area contributed by atoms with Gasteiger partial charge in [0.2, 0.25) is 5.82 Å². The molecule has 2 heterocycles. The number of esters is 1. The van der Waals surface area contributed by atoms with Gasteiger partial charge in [0.1, 0.15) is 6.10 Å². The minimum Gasteiger partial charge on any atom is -0.465 e. The molecule has 2 aromatic heterocycles. The van der Waals surface area contributed by atoms with E-state index in [2.05, 4.69) is 30.4 Å². The summed E-state index contributed by atoms with van der Waals surface area (Å²) in [5.74, 6) is -2.03. The molecule has 0 fully saturated rings. The lowest BCUT2D eigenvalue weighted by atomic mass is 9.97. The smallest absolute Gasteiger partial charge is 0.465 e. The van der Waals surface area contributed by atoms with Crippen molar-refractivity contribution in [3.63, 3.8) is 0 Å². The van der Waals surface area contributed by atoms with E-state index >= 15 is 0 Å². The highest BCUT2D eigenvalue weighted by Gasteiger charge is 2.31. The van der Waals surface area contributed by atoms with Crippen molar-refractivity contribution in [2.75, 3.05) is 13.2 Å². The molecule has 0 bridgehead atoms. The van der Waals surface area contributed by atoms with E-state index in [1.165, 1.54) is 13.8 Å². The van der Waals surface area contributed by atoms with Gasteiger partial charge in [0.05, 0.1) is 36.4 Å². The van der Waals surface area contributed by atoms with Gasteiger partial charge in [0.25, 0.3) is 16.9 Å². The highest BCUT2D eigenvalue weighted by Crippen LogP contribution is 2.33. The van der Waals surface area contributed by atoms with Crippen LogP contribution in [0.2, 0.25) is 0 Å². The molecule has 1 atom stereocenters. The molecule has 0 aliphatic heterocycles. The van der Waals surface area contributed by atoms with Crippen LogP contribution < -0.4 is 4.74 Å². The first-order valence-corrected chi connectivity index (χ1v) is 16.0. The molecule has 3 aromatic carbocycles. The number of benzene rings is 3. The van der Waals surface area contributed by atoms with Crippen molar-refractivity contribution < 1.29 is 38.5 Å². The third kappa shape index (κ3) is 8.89. The fourth-order valence-electron chi connectivity index (χ4n) is 5.34. The lowest BCUT2D eigenvalue weighted by Gasteiger charge is -2.24. The number of para-hydroxylation sites is 1. The van der Waals surface area contributed by atoms with Crippen LogP contribution in [0, 0.1) is 10.1 Å². The summed E-state index contributed by atoms with van der Waals surface area (Å²) in [6.45, 7) is 6.86. The number of carbonyl (C=O) groups excluding carboxylic acids is 2. The number of tetrazole rings is 1. The summed E-state index contributed by atoms with van der Waals surface area (Å²) in [5, 5.41) is 24.3. The van der Waals surface area contributed by atoms with E-state index in [1.807, 2.05) is 55.5 Å². The Labute approximate surface area is 286 Å². The first-order valence-electron chi connectivity index (χ1n) is 16.0. The van der Waals surface area contributed by atoms with Crippen molar-refractivity contribution in [1.29, 1.82) is 0 Å². The molecule has 1 unspecified atom stereocenters. The van der Waals surface area contributed by atoms with E-state index in [4.69, 9.17) is 18.9 Å². The Bertz CT molecular complexity index is 1930. The molecule has 262 valence electrons. The number of nitrogens with zero attached hydrogens (tertiary/aromatic N) is 6. The predicted octanol–water partition coefficient (Wildman–Crippen LogP) is 6.14. The molecule has 0 saturated heterocycles. The van der Waals surface area contributed by atoms with Crippen LogP contribution in [0.3, 0.4) is 0 Å². The molecule has 0 radical (unpaired) electrons. The number of carbonyl (C=O) groups is 2. The second kappa shape index (κ2) is 15.9. The summed E-state index contributed by atoms with van der Waals surface area (Å²) < 4.78 is 23.8. The van der Waals surface area contributed by atoms with Crippen molar-refractivity contribution in [2.24, 2.45) is 0 Å². The predicted molar refractivity (Wildman–Crippen MR) is 178 cm³/mol. The lowest BCUT2D eigenvalue weighted by molar-refractivity contribution is -0.767. The Hall–Kier alpha value is -6.06. The third-order valence-corrected chi connectivity index (χ3v) is 7.48. The number of ether oxygens (including phenoxy) is 4. The van der Waals surface area contributed by atoms with Crippen LogP contribution in [0.15, 0.2) is 66.7 Å². The minimum absolute atomic E-state index is 0.00745. The molecular weight excluding hydrogens is 650 g/mol. The maximum Gasteiger partial charge on any atom is 0.511 e. The van der Waals surface area contributed by atoms with Crippen LogP contribution in [0.4, 0.5) is 4.79 Å². The van der Waals surface area contributed by atoms with Crippen LogP contribution in [-0.2, 0) is 25.6 Å². The first kappa shape index (κ1) is 35.3. The quantitative estimate of drug-likeness (QED) is 0.0408. The number of aromatic nitrogens is 6. The Kier molecular flexibility index (Phi) is 11.2. The van der Waals surface area contributed by atoms with Crippen molar-refractivity contribution in [3.8, 4) is 28.5 Å². The average molecular weight is 688 g/mol. The van der Waals surface area contributed by atoms with E-state index < -0.39 is 29.1 Å². The van der Waals surface area contributed by atoms with Gasteiger partial charge < -0.3 is 23.8 Å². The molecular formula is C34H37N7O9. The Balaban J connectivity index is 1.34. The van der Waals surface area contributed by atoms with E-state index in [1.54, 1.807) is 29.7 Å². The maximum atomic E-state index is 13.7. The van der Waals surface area contributed by atoms with Gasteiger partial charge in [-0.25, -0.2) is 9.59 Å². The largest absolute Gasteiger partial charge is 0.511 e. The zero-order chi connectivity index (χ0) is 35.7. The van der Waals surface area contributed by atoms with Crippen molar-refractivity contribution >= 4 is 23.2 Å². The SMILES string of the molecule is CCOc1nc2cccc(C(=O)OC(C)(C)OC(=O)OCCCCC(C)O[N+](=O)[O-])c2n1Cc1ccc(-c2ccccc2)c(-c2nn[nH]n2)c1. The number of hydrogen-bond donors (Lipinski definition) is 1. The zero-order valence-corrected chi connectivity index (χ0v) is 28.0. The fraction of sp³-hybridized carbons (Fsp3) is 0.353. The summed E-state index contributed by atoms with van der Waals surface area (Å²) in [7, 11) is 0. The molecule has 0 amide bonds. The van der Waals surface area contributed by atoms with Gasteiger partial charge in [0.15, 0.2) is 0 Å². The summed E-state index contributed by atoms with van der Waals surface area (Å²) in [6.07, 6.45) is -0.238. The second-order valence-corrected chi connectivity index (χ2v) is 11.7.